The Bertz CT molecular complexity index is 759. The Morgan fingerprint density at radius 1 is 0.893 bits per heavy atom. The first kappa shape index (κ1) is 29.4. The Labute approximate surface area is 198 Å². The van der Waals surface area contributed by atoms with Crippen molar-refractivity contribution in [3.05, 3.63) is 59.2 Å². The van der Waals surface area contributed by atoms with Gasteiger partial charge in [0.1, 0.15) is 5.75 Å². The molecule has 0 spiro atoms. The summed E-state index contributed by atoms with van der Waals surface area (Å²) in [6.45, 7) is 13.2. The van der Waals surface area contributed by atoms with Gasteiger partial charge < -0.3 is 5.11 Å². The Hall–Kier alpha value is -0.796. The number of halogens is 2. The van der Waals surface area contributed by atoms with Gasteiger partial charge in [0.2, 0.25) is 0 Å². The van der Waals surface area contributed by atoms with Gasteiger partial charge >= 0.3 is 0 Å². The number of hydrogen-bond donors (Lipinski definition) is 1. The van der Waals surface area contributed by atoms with Crippen LogP contribution in [0.1, 0.15) is 71.1 Å². The van der Waals surface area contributed by atoms with E-state index in [1.165, 1.54) is 5.56 Å². The van der Waals surface area contributed by atoms with Crippen molar-refractivity contribution in [3.8, 4) is 5.75 Å². The van der Waals surface area contributed by atoms with Crippen molar-refractivity contribution < 1.29 is 26.8 Å². The zero-order valence-electron chi connectivity index (χ0n) is 17.7. The summed E-state index contributed by atoms with van der Waals surface area (Å²) in [7, 11) is 0. The fourth-order valence-corrected chi connectivity index (χ4v) is 2.71. The van der Waals surface area contributed by atoms with Crippen molar-refractivity contribution in [3.63, 3.8) is 0 Å². The third-order valence-corrected chi connectivity index (χ3v) is 5.53. The van der Waals surface area contributed by atoms with Gasteiger partial charge in [0, 0.05) is 39.1 Å². The number of para-hydroxylation sites is 1. The van der Waals surface area contributed by atoms with Crippen LogP contribution < -0.4 is 0 Å². The van der Waals surface area contributed by atoms with E-state index in [2.05, 4.69) is 58.7 Å². The topological polar surface area (TPSA) is 32.6 Å². The molecule has 0 aliphatic rings. The van der Waals surface area contributed by atoms with Gasteiger partial charge in [0.05, 0.1) is 5.69 Å². The molecule has 0 radical (unpaired) electrons. The van der Waals surface area contributed by atoms with E-state index in [4.69, 9.17) is 0 Å². The van der Waals surface area contributed by atoms with Crippen LogP contribution >= 0.6 is 24.8 Å². The van der Waals surface area contributed by atoms with E-state index >= 15 is 0 Å². The fraction of sp³-hybridized carbons (Fsp3) is 0.435. The molecule has 28 heavy (non-hydrogen) atoms. The zero-order valence-corrected chi connectivity index (χ0v) is 20.9. The van der Waals surface area contributed by atoms with Crippen molar-refractivity contribution in [1.29, 1.82) is 0 Å². The molecule has 0 bridgehead atoms. The summed E-state index contributed by atoms with van der Waals surface area (Å²) in [6.07, 6.45) is 3.79. The number of rotatable bonds is 6. The van der Waals surface area contributed by atoms with Gasteiger partial charge in [-0.05, 0) is 47.4 Å². The number of benzene rings is 2. The van der Waals surface area contributed by atoms with Crippen LogP contribution in [0, 0.1) is 0 Å². The first-order chi connectivity index (χ1) is 11.7. The predicted octanol–water partition coefficient (Wildman–Crippen LogP) is 7.36. The predicted molar refractivity (Wildman–Crippen MR) is 123 cm³/mol. The molecule has 0 amide bonds. The number of aromatic hydroxyl groups is 1. The minimum Gasteiger partial charge on any atom is -0.507 e. The van der Waals surface area contributed by atoms with E-state index in [9.17, 15) is 5.11 Å². The molecule has 0 heterocycles. The minimum absolute atomic E-state index is 0. The summed E-state index contributed by atoms with van der Waals surface area (Å²) < 4.78 is 0. The van der Waals surface area contributed by atoms with Gasteiger partial charge in [0.15, 0.2) is 0 Å². The number of phenolic OH excluding ortho intramolecular Hbond substituents is 1. The number of phenols is 1. The van der Waals surface area contributed by atoms with E-state index in [1.807, 2.05) is 30.3 Å². The second-order valence-electron chi connectivity index (χ2n) is 8.03. The molecule has 0 atom stereocenters. The normalized spacial score (nSPS) is 11.4. The summed E-state index contributed by atoms with van der Waals surface area (Å²) >= 11 is 0. The number of nitrogens with zero attached hydrogens (tertiary/aromatic N) is 1. The van der Waals surface area contributed by atoms with Crippen LogP contribution in [0.25, 0.3) is 0 Å². The summed E-state index contributed by atoms with van der Waals surface area (Å²) in [5, 5.41) is 10.9. The summed E-state index contributed by atoms with van der Waals surface area (Å²) in [5.74, 6) is 0.349. The van der Waals surface area contributed by atoms with Gasteiger partial charge in [-0.25, -0.2) is 0 Å². The molecule has 154 valence electrons. The maximum absolute atomic E-state index is 10.9. The third-order valence-electron chi connectivity index (χ3n) is 5.53. The van der Waals surface area contributed by atoms with Crippen LogP contribution in [-0.4, -0.2) is 11.3 Å². The van der Waals surface area contributed by atoms with Gasteiger partial charge in [0.25, 0.3) is 0 Å². The third kappa shape index (κ3) is 6.92. The van der Waals surface area contributed by atoms with E-state index in [-0.39, 0.29) is 57.4 Å². The average Bonchev–Trinajstić information content (AvgIpc) is 2.61. The van der Waals surface area contributed by atoms with Crippen LogP contribution in [-0.2, 0) is 32.5 Å². The summed E-state index contributed by atoms with van der Waals surface area (Å²) in [6, 6.07) is 14.1. The number of hydrogen-bond acceptors (Lipinski definition) is 2. The van der Waals surface area contributed by atoms with Crippen molar-refractivity contribution >= 4 is 36.7 Å². The maximum Gasteiger partial charge on any atom is 0.128 e. The molecule has 0 saturated carbocycles. The van der Waals surface area contributed by atoms with Crippen LogP contribution in [0.5, 0.6) is 5.75 Å². The Balaban J connectivity index is 0. The van der Waals surface area contributed by atoms with Gasteiger partial charge in [-0.2, -0.15) is 0 Å². The quantitative estimate of drug-likeness (QED) is 0.356. The molecule has 2 aromatic carbocycles. The minimum atomic E-state index is -0.0841. The van der Waals surface area contributed by atoms with Gasteiger partial charge in [-0.1, -0.05) is 65.8 Å². The van der Waals surface area contributed by atoms with Crippen LogP contribution in [0.3, 0.4) is 0 Å². The van der Waals surface area contributed by atoms with Gasteiger partial charge in [-0.15, -0.1) is 24.8 Å². The van der Waals surface area contributed by atoms with Crippen molar-refractivity contribution in [2.24, 2.45) is 4.99 Å². The maximum atomic E-state index is 10.9. The molecule has 1 N–H and O–H groups in total. The summed E-state index contributed by atoms with van der Waals surface area (Å²) in [4.78, 5) is 4.55. The summed E-state index contributed by atoms with van der Waals surface area (Å²) in [5.41, 5.74) is 3.90. The molecule has 2 rings (SSSR count). The smallest absolute Gasteiger partial charge is 0.128 e. The fourth-order valence-electron chi connectivity index (χ4n) is 2.71. The Kier molecular flexibility index (Phi) is 12.6. The molecule has 0 saturated heterocycles. The van der Waals surface area contributed by atoms with Gasteiger partial charge in [-0.3, -0.25) is 4.99 Å². The first-order valence-corrected chi connectivity index (χ1v) is 9.18. The molecule has 0 aliphatic carbocycles. The SMILES string of the molecule is CCC(C)(C)c1cc(C=Nc2ccccc2)c(O)c(C(C)(C)CC)c1.Cl.Cl.[Ti]. The Morgan fingerprint density at radius 3 is 1.93 bits per heavy atom. The molecule has 0 fully saturated rings. The molecule has 2 aromatic rings. The molecule has 0 aromatic heterocycles. The molecule has 5 heteroatoms. The van der Waals surface area contributed by atoms with E-state index < -0.39 is 0 Å². The Morgan fingerprint density at radius 2 is 1.43 bits per heavy atom. The van der Waals surface area contributed by atoms with E-state index in [1.54, 1.807) is 6.21 Å². The first-order valence-electron chi connectivity index (χ1n) is 9.18. The molecular weight excluding hydrogens is 425 g/mol. The van der Waals surface area contributed by atoms with Crippen LogP contribution in [0.15, 0.2) is 47.5 Å². The largest absolute Gasteiger partial charge is 0.507 e. The average molecular weight is 458 g/mol. The molecular formula is C23H33Cl2NOTi. The molecule has 2 nitrogen and oxygen atoms in total. The molecule has 0 unspecified atom stereocenters. The molecule has 0 aliphatic heterocycles. The zero-order chi connectivity index (χ0) is 18.7. The van der Waals surface area contributed by atoms with E-state index in [0.717, 1.165) is 29.7 Å². The second kappa shape index (κ2) is 12.0. The van der Waals surface area contributed by atoms with E-state index in [0.29, 0.717) is 5.75 Å². The van der Waals surface area contributed by atoms with Crippen molar-refractivity contribution in [2.75, 3.05) is 0 Å². The second-order valence-corrected chi connectivity index (χ2v) is 8.03. The number of aliphatic imine (C=N–C) groups is 1. The van der Waals surface area contributed by atoms with Crippen LogP contribution in [0.2, 0.25) is 0 Å². The van der Waals surface area contributed by atoms with Crippen LogP contribution in [0.4, 0.5) is 5.69 Å². The standard InChI is InChI=1S/C23H31NO.2ClH.Ti/c1-7-22(3,4)18-14-17(16-24-19-12-10-9-11-13-19)21(25)20(15-18)23(5,6)8-2;;;/h9-16,25H,7-8H2,1-6H3;2*1H;. The monoisotopic (exact) mass is 457 g/mol. The van der Waals surface area contributed by atoms with Crippen molar-refractivity contribution in [1.82, 2.24) is 0 Å². The van der Waals surface area contributed by atoms with Crippen molar-refractivity contribution in [2.45, 2.75) is 65.2 Å².